The predicted molar refractivity (Wildman–Crippen MR) is 44.4 cm³/mol. The van der Waals surface area contributed by atoms with Crippen LogP contribution in [0.2, 0.25) is 0 Å². The van der Waals surface area contributed by atoms with E-state index in [-0.39, 0.29) is 0 Å². The van der Waals surface area contributed by atoms with Gasteiger partial charge in [0.05, 0.1) is 6.54 Å². The smallest absolute Gasteiger partial charge is 0.266 e. The van der Waals surface area contributed by atoms with Gasteiger partial charge in [-0.3, -0.25) is 9.79 Å². The molecule has 3 heteroatoms. The summed E-state index contributed by atoms with van der Waals surface area (Å²) in [5.41, 5.74) is 6.64. The van der Waals surface area contributed by atoms with Crippen molar-refractivity contribution >= 4 is 11.6 Å². The number of rotatable bonds is 2. The van der Waals surface area contributed by atoms with E-state index in [0.717, 1.165) is 0 Å². The highest BCUT2D eigenvalue weighted by atomic mass is 16.1. The molecule has 0 aliphatic carbocycles. The third-order valence-electron chi connectivity index (χ3n) is 1.75. The Bertz CT molecular complexity index is 238. The molecule has 1 aliphatic heterocycles. The largest absolute Gasteiger partial charge is 0.364 e. The zero-order valence-corrected chi connectivity index (χ0v) is 6.79. The van der Waals surface area contributed by atoms with Gasteiger partial charge in [-0.1, -0.05) is 13.8 Å². The summed E-state index contributed by atoms with van der Waals surface area (Å²) in [6, 6.07) is 0. The molecule has 0 aromatic carbocycles. The average molecular weight is 152 g/mol. The highest BCUT2D eigenvalue weighted by molar-refractivity contribution is 6.43. The molecule has 1 heterocycles. The van der Waals surface area contributed by atoms with Gasteiger partial charge in [0.15, 0.2) is 0 Å². The van der Waals surface area contributed by atoms with Crippen LogP contribution in [0.5, 0.6) is 0 Å². The van der Waals surface area contributed by atoms with Gasteiger partial charge in [0, 0.05) is 0 Å². The van der Waals surface area contributed by atoms with Crippen molar-refractivity contribution in [3.8, 4) is 0 Å². The summed E-state index contributed by atoms with van der Waals surface area (Å²) in [5.74, 6) is 0.0243. The molecule has 1 amide bonds. The van der Waals surface area contributed by atoms with Gasteiger partial charge in [0.1, 0.15) is 5.71 Å². The lowest BCUT2D eigenvalue weighted by atomic mass is 10.0. The molecule has 0 atom stereocenters. The van der Waals surface area contributed by atoms with E-state index in [0.29, 0.717) is 18.2 Å². The van der Waals surface area contributed by atoms with Crippen molar-refractivity contribution in [1.29, 1.82) is 0 Å². The Morgan fingerprint density at radius 2 is 2.36 bits per heavy atom. The number of nitrogens with zero attached hydrogens (tertiary/aromatic N) is 1. The maximum atomic E-state index is 10.6. The molecule has 11 heavy (non-hydrogen) atoms. The number of aliphatic imine (C=N–C) groups is 1. The zero-order chi connectivity index (χ0) is 8.43. The Hall–Kier alpha value is -1.12. The third-order valence-corrected chi connectivity index (χ3v) is 1.75. The number of hydrogen-bond donors (Lipinski definition) is 1. The third kappa shape index (κ3) is 1.67. The van der Waals surface area contributed by atoms with Crippen LogP contribution in [0.15, 0.2) is 16.6 Å². The van der Waals surface area contributed by atoms with Gasteiger partial charge >= 0.3 is 0 Å². The second-order valence-corrected chi connectivity index (χ2v) is 2.94. The second kappa shape index (κ2) is 2.86. The number of primary amides is 1. The number of hydrogen-bond acceptors (Lipinski definition) is 2. The van der Waals surface area contributed by atoms with E-state index in [9.17, 15) is 4.79 Å². The summed E-state index contributed by atoms with van der Waals surface area (Å²) in [5, 5.41) is 0. The fourth-order valence-corrected chi connectivity index (χ4v) is 0.942. The molecule has 0 spiro atoms. The molecule has 1 aliphatic rings. The van der Waals surface area contributed by atoms with Gasteiger partial charge in [-0.15, -0.1) is 0 Å². The van der Waals surface area contributed by atoms with Crippen LogP contribution < -0.4 is 5.73 Å². The molecule has 1 rings (SSSR count). The molecule has 0 bridgehead atoms. The summed E-state index contributed by atoms with van der Waals surface area (Å²) in [6.45, 7) is 4.78. The zero-order valence-electron chi connectivity index (χ0n) is 6.79. The molecule has 0 saturated carbocycles. The Labute approximate surface area is 66.0 Å². The normalized spacial score (nSPS) is 16.6. The maximum absolute atomic E-state index is 10.6. The molecular weight excluding hydrogens is 140 g/mol. The molecule has 0 fully saturated rings. The van der Waals surface area contributed by atoms with Crippen LogP contribution in [0, 0.1) is 5.92 Å². The van der Waals surface area contributed by atoms with Crippen LogP contribution in [0.3, 0.4) is 0 Å². The molecule has 2 N–H and O–H groups in total. The van der Waals surface area contributed by atoms with E-state index < -0.39 is 5.91 Å². The van der Waals surface area contributed by atoms with E-state index in [4.69, 9.17) is 5.73 Å². The number of nitrogens with two attached hydrogens (primary N) is 1. The SMILES string of the molecule is CC(C)C1=CC(C(N)=O)=NC1. The summed E-state index contributed by atoms with van der Waals surface area (Å²) >= 11 is 0. The molecule has 0 saturated heterocycles. The van der Waals surface area contributed by atoms with Crippen LogP contribution in [-0.4, -0.2) is 18.2 Å². The van der Waals surface area contributed by atoms with Crippen molar-refractivity contribution < 1.29 is 4.79 Å². The number of carbonyl (C=O) groups excluding carboxylic acids is 1. The van der Waals surface area contributed by atoms with E-state index in [1.165, 1.54) is 5.57 Å². The molecule has 0 radical (unpaired) electrons. The highest BCUT2D eigenvalue weighted by Crippen LogP contribution is 2.14. The summed E-state index contributed by atoms with van der Waals surface area (Å²) < 4.78 is 0. The van der Waals surface area contributed by atoms with Crippen LogP contribution in [0.25, 0.3) is 0 Å². The number of amides is 1. The lowest BCUT2D eigenvalue weighted by molar-refractivity contribution is -0.111. The molecule has 3 nitrogen and oxygen atoms in total. The Morgan fingerprint density at radius 3 is 2.64 bits per heavy atom. The second-order valence-electron chi connectivity index (χ2n) is 2.94. The van der Waals surface area contributed by atoms with Gasteiger partial charge in [-0.2, -0.15) is 0 Å². The van der Waals surface area contributed by atoms with Crippen LogP contribution in [-0.2, 0) is 4.79 Å². The van der Waals surface area contributed by atoms with Crippen molar-refractivity contribution in [3.63, 3.8) is 0 Å². The van der Waals surface area contributed by atoms with Crippen LogP contribution >= 0.6 is 0 Å². The maximum Gasteiger partial charge on any atom is 0.266 e. The van der Waals surface area contributed by atoms with Crippen molar-refractivity contribution in [1.82, 2.24) is 0 Å². The minimum Gasteiger partial charge on any atom is -0.364 e. The highest BCUT2D eigenvalue weighted by Gasteiger charge is 2.13. The monoisotopic (exact) mass is 152 g/mol. The Kier molecular flexibility index (Phi) is 2.08. The first-order valence-electron chi connectivity index (χ1n) is 3.66. The van der Waals surface area contributed by atoms with Gasteiger partial charge in [0.25, 0.3) is 5.91 Å². The van der Waals surface area contributed by atoms with Crippen molar-refractivity contribution in [3.05, 3.63) is 11.6 Å². The minimum absolute atomic E-state index is 0.411. The molecule has 0 aromatic heterocycles. The Balaban J connectivity index is 2.71. The van der Waals surface area contributed by atoms with E-state index >= 15 is 0 Å². The lowest BCUT2D eigenvalue weighted by Gasteiger charge is -2.01. The summed E-state index contributed by atoms with van der Waals surface area (Å²) in [6.07, 6.45) is 1.78. The van der Waals surface area contributed by atoms with E-state index in [1.807, 2.05) is 0 Å². The summed E-state index contributed by atoms with van der Waals surface area (Å²) in [4.78, 5) is 14.6. The van der Waals surface area contributed by atoms with Gasteiger partial charge in [0.2, 0.25) is 0 Å². The molecular formula is C8H12N2O. The first-order chi connectivity index (χ1) is 5.11. The summed E-state index contributed by atoms with van der Waals surface area (Å²) in [7, 11) is 0. The van der Waals surface area contributed by atoms with E-state index in [2.05, 4.69) is 18.8 Å². The lowest BCUT2D eigenvalue weighted by Crippen LogP contribution is -2.20. The molecule has 0 unspecified atom stereocenters. The first kappa shape index (κ1) is 7.98. The number of carbonyl (C=O) groups is 1. The molecule has 60 valence electrons. The average Bonchev–Trinajstić information content (AvgIpc) is 2.33. The quantitative estimate of drug-likeness (QED) is 0.615. The Morgan fingerprint density at radius 1 is 1.73 bits per heavy atom. The minimum atomic E-state index is -0.430. The van der Waals surface area contributed by atoms with Crippen molar-refractivity contribution in [2.75, 3.05) is 6.54 Å². The molecule has 0 aromatic rings. The standard InChI is InChI=1S/C8H12N2O/c1-5(2)6-3-7(8(9)11)10-4-6/h3,5H,4H2,1-2H3,(H2,9,11). The van der Waals surface area contributed by atoms with E-state index in [1.54, 1.807) is 6.08 Å². The topological polar surface area (TPSA) is 55.5 Å². The van der Waals surface area contributed by atoms with Crippen molar-refractivity contribution in [2.45, 2.75) is 13.8 Å². The first-order valence-corrected chi connectivity index (χ1v) is 3.66. The fraction of sp³-hybridized carbons (Fsp3) is 0.500. The van der Waals surface area contributed by atoms with Gasteiger partial charge < -0.3 is 5.73 Å². The fourth-order valence-electron chi connectivity index (χ4n) is 0.942. The predicted octanol–water partition coefficient (Wildman–Crippen LogP) is 0.509. The van der Waals surface area contributed by atoms with Crippen LogP contribution in [0.4, 0.5) is 0 Å². The van der Waals surface area contributed by atoms with Crippen molar-refractivity contribution in [2.24, 2.45) is 16.6 Å². The van der Waals surface area contributed by atoms with Gasteiger partial charge in [-0.05, 0) is 17.6 Å². The van der Waals surface area contributed by atoms with Gasteiger partial charge in [-0.25, -0.2) is 0 Å². The van der Waals surface area contributed by atoms with Crippen LogP contribution in [0.1, 0.15) is 13.8 Å².